The Morgan fingerprint density at radius 2 is 2.36 bits per heavy atom. The van der Waals surface area contributed by atoms with E-state index in [4.69, 9.17) is 0 Å². The summed E-state index contributed by atoms with van der Waals surface area (Å²) in [5.41, 5.74) is 0. The maximum atomic E-state index is 3.48. The van der Waals surface area contributed by atoms with Crippen molar-refractivity contribution < 1.29 is 0 Å². The fraction of sp³-hybridized carbons (Fsp3) is 1.00. The molecule has 1 rings (SSSR count). The minimum atomic E-state index is 0.699. The molecule has 66 valence electrons. The predicted octanol–water partition coefficient (Wildman–Crippen LogP) is 0.936. The summed E-state index contributed by atoms with van der Waals surface area (Å²) in [6.07, 6.45) is 1.37. The van der Waals surface area contributed by atoms with E-state index in [0.717, 1.165) is 12.5 Å². The first-order valence-electron chi connectivity index (χ1n) is 4.66. The molecule has 1 N–H and O–H groups in total. The van der Waals surface area contributed by atoms with Gasteiger partial charge in [0.2, 0.25) is 0 Å². The monoisotopic (exact) mass is 156 g/mol. The van der Waals surface area contributed by atoms with Gasteiger partial charge in [0.05, 0.1) is 0 Å². The molecule has 1 aliphatic heterocycles. The smallest absolute Gasteiger partial charge is 0.00795 e. The van der Waals surface area contributed by atoms with Crippen LogP contribution in [0, 0.1) is 5.92 Å². The van der Waals surface area contributed by atoms with Crippen LogP contribution in [-0.2, 0) is 0 Å². The van der Waals surface area contributed by atoms with Gasteiger partial charge in [-0.1, -0.05) is 6.92 Å². The number of hydrogen-bond acceptors (Lipinski definition) is 2. The van der Waals surface area contributed by atoms with Crippen molar-refractivity contribution in [1.29, 1.82) is 0 Å². The Labute approximate surface area is 70.0 Å². The Morgan fingerprint density at radius 1 is 1.64 bits per heavy atom. The lowest BCUT2D eigenvalue weighted by Gasteiger charge is -2.19. The average Bonchev–Trinajstić information content (AvgIpc) is 2.36. The van der Waals surface area contributed by atoms with E-state index in [-0.39, 0.29) is 0 Å². The topological polar surface area (TPSA) is 15.3 Å². The Bertz CT molecular complexity index is 114. The fourth-order valence-electron chi connectivity index (χ4n) is 1.87. The lowest BCUT2D eigenvalue weighted by Crippen LogP contribution is -2.34. The van der Waals surface area contributed by atoms with Crippen molar-refractivity contribution in [2.45, 2.75) is 26.3 Å². The summed E-state index contributed by atoms with van der Waals surface area (Å²) >= 11 is 0. The summed E-state index contributed by atoms with van der Waals surface area (Å²) in [7, 11) is 2.21. The average molecular weight is 156 g/mol. The third kappa shape index (κ3) is 2.46. The van der Waals surface area contributed by atoms with E-state index in [1.54, 1.807) is 0 Å². The molecule has 11 heavy (non-hydrogen) atoms. The highest BCUT2D eigenvalue weighted by molar-refractivity contribution is 4.80. The second kappa shape index (κ2) is 4.07. The molecule has 2 nitrogen and oxygen atoms in total. The van der Waals surface area contributed by atoms with Gasteiger partial charge in [-0.15, -0.1) is 0 Å². The van der Waals surface area contributed by atoms with Gasteiger partial charge >= 0.3 is 0 Å². The van der Waals surface area contributed by atoms with E-state index in [9.17, 15) is 0 Å². The minimum Gasteiger partial charge on any atom is -0.314 e. The maximum Gasteiger partial charge on any atom is 0.00795 e. The van der Waals surface area contributed by atoms with Crippen LogP contribution in [0.3, 0.4) is 0 Å². The molecule has 0 spiro atoms. The molecule has 0 bridgehead atoms. The molecular weight excluding hydrogens is 136 g/mol. The normalized spacial score (nSPS) is 29.2. The first-order chi connectivity index (χ1) is 5.24. The van der Waals surface area contributed by atoms with E-state index in [1.165, 1.54) is 19.5 Å². The van der Waals surface area contributed by atoms with Crippen LogP contribution in [0.5, 0.6) is 0 Å². The molecule has 1 saturated heterocycles. The number of hydrogen-bond donors (Lipinski definition) is 1. The molecule has 0 aromatic heterocycles. The Kier molecular flexibility index (Phi) is 3.34. The quantitative estimate of drug-likeness (QED) is 0.654. The molecule has 0 aromatic rings. The second-order valence-electron chi connectivity index (χ2n) is 3.66. The molecule has 2 heteroatoms. The summed E-state index contributed by atoms with van der Waals surface area (Å²) in [6, 6.07) is 0.699. The Hall–Kier alpha value is -0.0800. The highest BCUT2D eigenvalue weighted by Gasteiger charge is 2.23. The molecule has 0 aliphatic carbocycles. The van der Waals surface area contributed by atoms with E-state index in [0.29, 0.717) is 6.04 Å². The lowest BCUT2D eigenvalue weighted by atomic mass is 10.0. The van der Waals surface area contributed by atoms with Crippen molar-refractivity contribution >= 4 is 0 Å². The SMILES string of the molecule is CCNC(C)C1CCN(C)C1. The van der Waals surface area contributed by atoms with Crippen LogP contribution >= 0.6 is 0 Å². The molecule has 2 unspecified atom stereocenters. The van der Waals surface area contributed by atoms with Crippen LogP contribution < -0.4 is 5.32 Å². The zero-order valence-corrected chi connectivity index (χ0v) is 7.93. The first kappa shape index (κ1) is 9.01. The first-order valence-corrected chi connectivity index (χ1v) is 4.66. The maximum absolute atomic E-state index is 3.48. The predicted molar refractivity (Wildman–Crippen MR) is 48.7 cm³/mol. The molecule has 0 radical (unpaired) electrons. The number of nitrogens with one attached hydrogen (secondary N) is 1. The summed E-state index contributed by atoms with van der Waals surface area (Å²) in [4.78, 5) is 2.42. The van der Waals surface area contributed by atoms with Gasteiger partial charge in [0, 0.05) is 12.6 Å². The van der Waals surface area contributed by atoms with Crippen molar-refractivity contribution in [3.63, 3.8) is 0 Å². The third-order valence-electron chi connectivity index (χ3n) is 2.66. The van der Waals surface area contributed by atoms with Crippen molar-refractivity contribution in [1.82, 2.24) is 10.2 Å². The van der Waals surface area contributed by atoms with Gasteiger partial charge in [-0.25, -0.2) is 0 Å². The largest absolute Gasteiger partial charge is 0.314 e. The van der Waals surface area contributed by atoms with Gasteiger partial charge in [0.1, 0.15) is 0 Å². The Morgan fingerprint density at radius 3 is 2.82 bits per heavy atom. The van der Waals surface area contributed by atoms with Gasteiger partial charge in [0.15, 0.2) is 0 Å². The van der Waals surface area contributed by atoms with E-state index in [1.807, 2.05) is 0 Å². The van der Waals surface area contributed by atoms with Gasteiger partial charge in [-0.2, -0.15) is 0 Å². The molecule has 2 atom stereocenters. The number of likely N-dealkylation sites (tertiary alicyclic amines) is 1. The summed E-state index contributed by atoms with van der Waals surface area (Å²) in [6.45, 7) is 8.12. The van der Waals surface area contributed by atoms with Crippen molar-refractivity contribution in [2.24, 2.45) is 5.92 Å². The summed E-state index contributed by atoms with van der Waals surface area (Å²) in [5, 5.41) is 3.48. The van der Waals surface area contributed by atoms with E-state index >= 15 is 0 Å². The number of nitrogens with zero attached hydrogens (tertiary/aromatic N) is 1. The van der Waals surface area contributed by atoms with Crippen LogP contribution in [0.25, 0.3) is 0 Å². The molecule has 1 heterocycles. The van der Waals surface area contributed by atoms with Crippen LogP contribution in [0.1, 0.15) is 20.3 Å². The minimum absolute atomic E-state index is 0.699. The van der Waals surface area contributed by atoms with Crippen LogP contribution in [0.15, 0.2) is 0 Å². The molecular formula is C9H20N2. The molecule has 1 fully saturated rings. The zero-order chi connectivity index (χ0) is 8.27. The Balaban J connectivity index is 2.25. The standard InChI is InChI=1S/C9H20N2/c1-4-10-8(2)9-5-6-11(3)7-9/h8-10H,4-7H2,1-3H3. The highest BCUT2D eigenvalue weighted by Crippen LogP contribution is 2.17. The molecule has 0 saturated carbocycles. The third-order valence-corrected chi connectivity index (χ3v) is 2.66. The summed E-state index contributed by atoms with van der Waals surface area (Å²) < 4.78 is 0. The van der Waals surface area contributed by atoms with Gasteiger partial charge < -0.3 is 10.2 Å². The van der Waals surface area contributed by atoms with Crippen molar-refractivity contribution in [3.05, 3.63) is 0 Å². The highest BCUT2D eigenvalue weighted by atomic mass is 15.1. The number of rotatable bonds is 3. The molecule has 1 aliphatic rings. The fourth-order valence-corrected chi connectivity index (χ4v) is 1.87. The van der Waals surface area contributed by atoms with Gasteiger partial charge in [0.25, 0.3) is 0 Å². The van der Waals surface area contributed by atoms with Crippen molar-refractivity contribution in [3.8, 4) is 0 Å². The molecule has 0 aromatic carbocycles. The van der Waals surface area contributed by atoms with Crippen LogP contribution in [0.2, 0.25) is 0 Å². The summed E-state index contributed by atoms with van der Waals surface area (Å²) in [5.74, 6) is 0.875. The van der Waals surface area contributed by atoms with Gasteiger partial charge in [-0.3, -0.25) is 0 Å². The van der Waals surface area contributed by atoms with E-state index in [2.05, 4.69) is 31.1 Å². The van der Waals surface area contributed by atoms with Crippen LogP contribution in [0.4, 0.5) is 0 Å². The van der Waals surface area contributed by atoms with Crippen LogP contribution in [-0.4, -0.2) is 37.6 Å². The van der Waals surface area contributed by atoms with Gasteiger partial charge in [-0.05, 0) is 39.4 Å². The zero-order valence-electron chi connectivity index (χ0n) is 7.93. The molecule has 0 amide bonds. The van der Waals surface area contributed by atoms with E-state index < -0.39 is 0 Å². The van der Waals surface area contributed by atoms with Crippen molar-refractivity contribution in [2.75, 3.05) is 26.7 Å². The second-order valence-corrected chi connectivity index (χ2v) is 3.66. The lowest BCUT2D eigenvalue weighted by molar-refractivity contribution is 0.351.